The van der Waals surface area contributed by atoms with Gasteiger partial charge in [0.25, 0.3) is 0 Å². The van der Waals surface area contributed by atoms with Gasteiger partial charge in [0.1, 0.15) is 11.5 Å². The van der Waals surface area contributed by atoms with Crippen molar-refractivity contribution in [2.45, 2.75) is 37.8 Å². The van der Waals surface area contributed by atoms with Crippen LogP contribution in [-0.4, -0.2) is 19.9 Å². The largest absolute Gasteiger partial charge is 0.497 e. The average molecular weight is 325 g/mol. The lowest BCUT2D eigenvalue weighted by molar-refractivity contribution is 0.00750. The minimum absolute atomic E-state index is 0.261. The molecule has 2 aromatic rings. The third kappa shape index (κ3) is 4.09. The van der Waals surface area contributed by atoms with Crippen LogP contribution < -0.4 is 14.8 Å². The Morgan fingerprint density at radius 2 is 1.67 bits per heavy atom. The van der Waals surface area contributed by atoms with Crippen molar-refractivity contribution in [1.82, 2.24) is 5.32 Å². The maximum Gasteiger partial charge on any atom is 0.163 e. The minimum atomic E-state index is -0.261. The monoisotopic (exact) mass is 325 g/mol. The van der Waals surface area contributed by atoms with Crippen molar-refractivity contribution in [3.63, 3.8) is 0 Å². The van der Waals surface area contributed by atoms with Gasteiger partial charge in [-0.05, 0) is 62.6 Å². The van der Waals surface area contributed by atoms with Gasteiger partial charge in [0, 0.05) is 12.3 Å². The second-order valence-corrected chi connectivity index (χ2v) is 6.53. The molecule has 128 valence electrons. The van der Waals surface area contributed by atoms with Crippen molar-refractivity contribution < 1.29 is 9.47 Å². The van der Waals surface area contributed by atoms with Gasteiger partial charge in [-0.25, -0.2) is 0 Å². The van der Waals surface area contributed by atoms with Gasteiger partial charge in [0.2, 0.25) is 0 Å². The van der Waals surface area contributed by atoms with Crippen molar-refractivity contribution in [1.29, 1.82) is 0 Å². The molecule has 0 spiro atoms. The highest BCUT2D eigenvalue weighted by atomic mass is 16.5. The first-order chi connectivity index (χ1) is 11.8. The number of hydrogen-bond donors (Lipinski definition) is 1. The first-order valence-corrected chi connectivity index (χ1v) is 8.81. The fourth-order valence-corrected chi connectivity index (χ4v) is 3.32. The molecule has 3 nitrogen and oxygen atoms in total. The standard InChI is InChI=1S/C21H27NO2/c1-22-21(18-10-11-18,16-6-9-17-7-4-3-5-8-17)24-20-14-12-19(23-2)13-15-20/h3-5,7-8,12-15,18,22H,6,9-11,16H2,1-2H3. The van der Waals surface area contributed by atoms with Gasteiger partial charge >= 0.3 is 0 Å². The number of rotatable bonds is 9. The van der Waals surface area contributed by atoms with Crippen LogP contribution in [0.3, 0.4) is 0 Å². The zero-order valence-corrected chi connectivity index (χ0v) is 14.6. The van der Waals surface area contributed by atoms with Crippen molar-refractivity contribution >= 4 is 0 Å². The van der Waals surface area contributed by atoms with E-state index in [1.54, 1.807) is 7.11 Å². The summed E-state index contributed by atoms with van der Waals surface area (Å²) in [5, 5.41) is 3.49. The lowest BCUT2D eigenvalue weighted by atomic mass is 9.98. The molecule has 0 aromatic heterocycles. The van der Waals surface area contributed by atoms with Crippen LogP contribution in [0.1, 0.15) is 31.2 Å². The lowest BCUT2D eigenvalue weighted by Crippen LogP contribution is -2.50. The summed E-state index contributed by atoms with van der Waals surface area (Å²) < 4.78 is 11.7. The van der Waals surface area contributed by atoms with Gasteiger partial charge < -0.3 is 9.47 Å². The molecule has 3 rings (SSSR count). The molecule has 0 bridgehead atoms. The normalized spacial score (nSPS) is 16.4. The van der Waals surface area contributed by atoms with Crippen LogP contribution in [0.4, 0.5) is 0 Å². The summed E-state index contributed by atoms with van der Waals surface area (Å²) in [7, 11) is 3.70. The van der Waals surface area contributed by atoms with E-state index in [-0.39, 0.29) is 5.72 Å². The molecule has 0 saturated heterocycles. The summed E-state index contributed by atoms with van der Waals surface area (Å²) in [6, 6.07) is 18.6. The van der Waals surface area contributed by atoms with Crippen LogP contribution in [-0.2, 0) is 6.42 Å². The molecule has 1 aliphatic rings. The summed E-state index contributed by atoms with van der Waals surface area (Å²) in [4.78, 5) is 0. The molecular formula is C21H27NO2. The fourth-order valence-electron chi connectivity index (χ4n) is 3.32. The molecular weight excluding hydrogens is 298 g/mol. The smallest absolute Gasteiger partial charge is 0.163 e. The maximum absolute atomic E-state index is 6.45. The lowest BCUT2D eigenvalue weighted by Gasteiger charge is -2.35. The number of benzene rings is 2. The zero-order chi connectivity index (χ0) is 16.8. The molecule has 1 aliphatic carbocycles. The number of nitrogens with one attached hydrogen (secondary N) is 1. The third-order valence-electron chi connectivity index (χ3n) is 4.88. The predicted molar refractivity (Wildman–Crippen MR) is 97.5 cm³/mol. The van der Waals surface area contributed by atoms with Crippen molar-refractivity contribution in [3.8, 4) is 11.5 Å². The van der Waals surface area contributed by atoms with Gasteiger partial charge in [-0.2, -0.15) is 0 Å². The SMILES string of the molecule is CNC(CCCc1ccccc1)(Oc1ccc(OC)cc1)C1CC1. The van der Waals surface area contributed by atoms with Gasteiger partial charge in [0.15, 0.2) is 5.72 Å². The van der Waals surface area contributed by atoms with E-state index in [1.807, 2.05) is 31.3 Å². The molecule has 1 saturated carbocycles. The molecule has 1 unspecified atom stereocenters. The van der Waals surface area contributed by atoms with Gasteiger partial charge in [-0.1, -0.05) is 30.3 Å². The van der Waals surface area contributed by atoms with Crippen LogP contribution in [0.2, 0.25) is 0 Å². The first kappa shape index (κ1) is 16.8. The van der Waals surface area contributed by atoms with Crippen molar-refractivity contribution in [2.24, 2.45) is 5.92 Å². The van der Waals surface area contributed by atoms with E-state index in [1.165, 1.54) is 18.4 Å². The summed E-state index contributed by atoms with van der Waals surface area (Å²) in [5.74, 6) is 2.35. The summed E-state index contributed by atoms with van der Waals surface area (Å²) in [6.45, 7) is 0. The quantitative estimate of drug-likeness (QED) is 0.692. The summed E-state index contributed by atoms with van der Waals surface area (Å²) in [6.07, 6.45) is 5.68. The Balaban J connectivity index is 1.65. The molecule has 1 fully saturated rings. The van der Waals surface area contributed by atoms with Crippen LogP contribution in [0, 0.1) is 5.92 Å². The van der Waals surface area contributed by atoms with Gasteiger partial charge in [0.05, 0.1) is 7.11 Å². The maximum atomic E-state index is 6.45. The van der Waals surface area contributed by atoms with E-state index in [0.717, 1.165) is 30.8 Å². The number of methoxy groups -OCH3 is 1. The van der Waals surface area contributed by atoms with Gasteiger partial charge in [-0.15, -0.1) is 0 Å². The van der Waals surface area contributed by atoms with E-state index in [4.69, 9.17) is 9.47 Å². The average Bonchev–Trinajstić information content (AvgIpc) is 3.48. The molecule has 0 amide bonds. The molecule has 3 heteroatoms. The Kier molecular flexibility index (Phi) is 5.41. The Bertz CT molecular complexity index is 622. The van der Waals surface area contributed by atoms with Crippen molar-refractivity contribution in [2.75, 3.05) is 14.2 Å². The topological polar surface area (TPSA) is 30.5 Å². The highest BCUT2D eigenvalue weighted by Gasteiger charge is 2.46. The predicted octanol–water partition coefficient (Wildman–Crippen LogP) is 4.42. The van der Waals surface area contributed by atoms with Crippen LogP contribution in [0.5, 0.6) is 11.5 Å². The van der Waals surface area contributed by atoms with E-state index in [0.29, 0.717) is 5.92 Å². The molecule has 0 heterocycles. The van der Waals surface area contributed by atoms with Crippen LogP contribution >= 0.6 is 0 Å². The van der Waals surface area contributed by atoms with Crippen LogP contribution in [0.15, 0.2) is 54.6 Å². The second-order valence-electron chi connectivity index (χ2n) is 6.53. The van der Waals surface area contributed by atoms with Gasteiger partial charge in [-0.3, -0.25) is 5.32 Å². The molecule has 1 atom stereocenters. The Hall–Kier alpha value is -2.00. The van der Waals surface area contributed by atoms with E-state index < -0.39 is 0 Å². The Morgan fingerprint density at radius 1 is 1.00 bits per heavy atom. The van der Waals surface area contributed by atoms with Crippen LogP contribution in [0.25, 0.3) is 0 Å². The summed E-state index contributed by atoms with van der Waals surface area (Å²) >= 11 is 0. The molecule has 0 radical (unpaired) electrons. The molecule has 2 aromatic carbocycles. The summed E-state index contributed by atoms with van der Waals surface area (Å²) in [5.41, 5.74) is 1.13. The highest BCUT2D eigenvalue weighted by molar-refractivity contribution is 5.31. The molecule has 24 heavy (non-hydrogen) atoms. The number of ether oxygens (including phenoxy) is 2. The highest BCUT2D eigenvalue weighted by Crippen LogP contribution is 2.43. The van der Waals surface area contributed by atoms with Crippen molar-refractivity contribution in [3.05, 3.63) is 60.2 Å². The van der Waals surface area contributed by atoms with E-state index >= 15 is 0 Å². The second kappa shape index (κ2) is 7.71. The molecule has 0 aliphatic heterocycles. The number of aryl methyl sites for hydroxylation is 1. The third-order valence-corrected chi connectivity index (χ3v) is 4.88. The minimum Gasteiger partial charge on any atom is -0.497 e. The van der Waals surface area contributed by atoms with E-state index in [9.17, 15) is 0 Å². The first-order valence-electron chi connectivity index (χ1n) is 8.81. The Labute approximate surface area is 145 Å². The Morgan fingerprint density at radius 3 is 2.25 bits per heavy atom. The van der Waals surface area contributed by atoms with E-state index in [2.05, 4.69) is 35.6 Å². The molecule has 1 N–H and O–H groups in total. The number of hydrogen-bond acceptors (Lipinski definition) is 3. The zero-order valence-electron chi connectivity index (χ0n) is 14.6. The fraction of sp³-hybridized carbons (Fsp3) is 0.429.